The molecule has 0 bridgehead atoms. The largest absolute Gasteiger partial charge is 0.481 e. The lowest BCUT2D eigenvalue weighted by molar-refractivity contribution is -0.136. The van der Waals surface area contributed by atoms with E-state index in [1.807, 2.05) is 13.8 Å². The fourth-order valence-corrected chi connectivity index (χ4v) is 2.62. The third-order valence-electron chi connectivity index (χ3n) is 3.94. The lowest BCUT2D eigenvalue weighted by Crippen LogP contribution is -2.25. The number of nitrogens with one attached hydrogen (secondary N) is 2. The molecule has 2 rings (SSSR count). The van der Waals surface area contributed by atoms with Crippen LogP contribution in [-0.2, 0) is 11.3 Å². The quantitative estimate of drug-likeness (QED) is 0.700. The second-order valence-corrected chi connectivity index (χ2v) is 5.79. The second-order valence-electron chi connectivity index (χ2n) is 5.79. The van der Waals surface area contributed by atoms with Crippen molar-refractivity contribution in [3.8, 4) is 0 Å². The highest BCUT2D eigenvalue weighted by molar-refractivity contribution is 6.06. The monoisotopic (exact) mass is 358 g/mol. The highest BCUT2D eigenvalue weighted by Crippen LogP contribution is 2.16. The van der Waals surface area contributed by atoms with Crippen molar-refractivity contribution in [2.75, 3.05) is 11.9 Å². The molecule has 0 saturated carbocycles. The lowest BCUT2D eigenvalue weighted by atomic mass is 10.1. The number of benzene rings is 1. The molecular weight excluding hydrogens is 336 g/mol. The Labute approximate surface area is 151 Å². The number of carbonyl (C=O) groups is 3. The number of hydrogen-bond donors (Lipinski definition) is 3. The van der Waals surface area contributed by atoms with Crippen molar-refractivity contribution in [3.05, 3.63) is 46.8 Å². The van der Waals surface area contributed by atoms with E-state index in [4.69, 9.17) is 5.11 Å². The minimum absolute atomic E-state index is 0.0621. The number of amides is 2. The summed E-state index contributed by atoms with van der Waals surface area (Å²) in [5.41, 5.74) is 2.95. The fraction of sp³-hybridized carbons (Fsp3) is 0.333. The van der Waals surface area contributed by atoms with E-state index < -0.39 is 5.97 Å². The molecule has 0 saturated heterocycles. The molecule has 0 atom stereocenters. The van der Waals surface area contributed by atoms with E-state index in [1.165, 1.54) is 0 Å². The molecule has 138 valence electrons. The minimum Gasteiger partial charge on any atom is -0.481 e. The molecule has 2 aromatic rings. The maximum Gasteiger partial charge on any atom is 0.305 e. The first-order chi connectivity index (χ1) is 12.3. The first-order valence-corrected chi connectivity index (χ1v) is 8.29. The van der Waals surface area contributed by atoms with Gasteiger partial charge < -0.3 is 15.7 Å². The van der Waals surface area contributed by atoms with Crippen LogP contribution in [0.1, 0.15) is 45.4 Å². The van der Waals surface area contributed by atoms with Crippen molar-refractivity contribution in [1.29, 1.82) is 0 Å². The van der Waals surface area contributed by atoms with Gasteiger partial charge in [0.1, 0.15) is 0 Å². The molecule has 0 aliphatic rings. The molecule has 0 spiro atoms. The van der Waals surface area contributed by atoms with E-state index in [-0.39, 0.29) is 24.8 Å². The van der Waals surface area contributed by atoms with Crippen LogP contribution >= 0.6 is 0 Å². The summed E-state index contributed by atoms with van der Waals surface area (Å²) in [7, 11) is 0. The Bertz CT molecular complexity index is 824. The van der Waals surface area contributed by atoms with Crippen molar-refractivity contribution >= 4 is 23.5 Å². The molecule has 0 fully saturated rings. The van der Waals surface area contributed by atoms with E-state index in [1.54, 1.807) is 35.9 Å². The Morgan fingerprint density at radius 2 is 1.77 bits per heavy atom. The average molecular weight is 358 g/mol. The summed E-state index contributed by atoms with van der Waals surface area (Å²) < 4.78 is 1.77. The third kappa shape index (κ3) is 4.47. The Balaban J connectivity index is 2.03. The van der Waals surface area contributed by atoms with Crippen LogP contribution in [0.2, 0.25) is 0 Å². The van der Waals surface area contributed by atoms with Crippen molar-refractivity contribution < 1.29 is 19.5 Å². The van der Waals surface area contributed by atoms with Crippen LogP contribution < -0.4 is 10.6 Å². The topological polar surface area (TPSA) is 113 Å². The first-order valence-electron chi connectivity index (χ1n) is 8.29. The number of rotatable bonds is 7. The Kier molecular flexibility index (Phi) is 6.11. The van der Waals surface area contributed by atoms with Gasteiger partial charge in [0.15, 0.2) is 0 Å². The Morgan fingerprint density at radius 3 is 2.31 bits per heavy atom. The number of carboxylic acid groups (broad SMARTS) is 1. The van der Waals surface area contributed by atoms with E-state index >= 15 is 0 Å². The zero-order chi connectivity index (χ0) is 19.3. The normalized spacial score (nSPS) is 10.4. The van der Waals surface area contributed by atoms with Crippen LogP contribution in [0.15, 0.2) is 24.3 Å². The van der Waals surface area contributed by atoms with Crippen molar-refractivity contribution in [2.24, 2.45) is 0 Å². The first kappa shape index (κ1) is 19.2. The van der Waals surface area contributed by atoms with Crippen LogP contribution in [0.5, 0.6) is 0 Å². The van der Waals surface area contributed by atoms with Gasteiger partial charge in [-0.1, -0.05) is 0 Å². The van der Waals surface area contributed by atoms with Crippen molar-refractivity contribution in [3.63, 3.8) is 0 Å². The maximum absolute atomic E-state index is 12.5. The van der Waals surface area contributed by atoms with E-state index in [0.717, 1.165) is 5.69 Å². The standard InChI is InChI=1S/C18H22N4O4/c1-4-22-12(3)16(11(2)21-22)18(26)20-14-7-5-13(6-8-14)17(25)19-10-9-15(23)24/h5-8H,4,9-10H2,1-3H3,(H,19,25)(H,20,26)(H,23,24). The van der Waals surface area contributed by atoms with Crippen LogP contribution in [0.4, 0.5) is 5.69 Å². The Morgan fingerprint density at radius 1 is 1.12 bits per heavy atom. The summed E-state index contributed by atoms with van der Waals surface area (Å²) in [6, 6.07) is 6.39. The molecule has 3 N–H and O–H groups in total. The highest BCUT2D eigenvalue weighted by Gasteiger charge is 2.18. The minimum atomic E-state index is -0.972. The SMILES string of the molecule is CCn1nc(C)c(C(=O)Nc2ccc(C(=O)NCCC(=O)O)cc2)c1C. The Hall–Kier alpha value is -3.16. The van der Waals surface area contributed by atoms with Gasteiger partial charge in [0.05, 0.1) is 17.7 Å². The molecule has 1 heterocycles. The van der Waals surface area contributed by atoms with Crippen molar-refractivity contribution in [2.45, 2.75) is 33.7 Å². The van der Waals surface area contributed by atoms with Crippen molar-refractivity contribution in [1.82, 2.24) is 15.1 Å². The van der Waals surface area contributed by atoms with Gasteiger partial charge in [-0.25, -0.2) is 0 Å². The van der Waals surface area contributed by atoms with Gasteiger partial charge in [-0.15, -0.1) is 0 Å². The zero-order valence-corrected chi connectivity index (χ0v) is 15.0. The summed E-state index contributed by atoms with van der Waals surface area (Å²) in [5.74, 6) is -1.58. The summed E-state index contributed by atoms with van der Waals surface area (Å²) >= 11 is 0. The predicted octanol–water partition coefficient (Wildman–Crippen LogP) is 1.98. The van der Waals surface area contributed by atoms with E-state index in [2.05, 4.69) is 15.7 Å². The molecular formula is C18H22N4O4. The van der Waals surface area contributed by atoms with Gasteiger partial charge in [0, 0.05) is 30.0 Å². The van der Waals surface area contributed by atoms with Crippen LogP contribution in [0.3, 0.4) is 0 Å². The smallest absolute Gasteiger partial charge is 0.305 e. The van der Waals surface area contributed by atoms with Gasteiger partial charge >= 0.3 is 5.97 Å². The van der Waals surface area contributed by atoms with Crippen LogP contribution in [0, 0.1) is 13.8 Å². The van der Waals surface area contributed by atoms with Gasteiger partial charge in [0.25, 0.3) is 11.8 Å². The number of aromatic nitrogens is 2. The highest BCUT2D eigenvalue weighted by atomic mass is 16.4. The van der Waals surface area contributed by atoms with Gasteiger partial charge in [-0.2, -0.15) is 5.10 Å². The summed E-state index contributed by atoms with van der Waals surface area (Å²) in [6.07, 6.45) is -0.135. The molecule has 0 radical (unpaired) electrons. The lowest BCUT2D eigenvalue weighted by Gasteiger charge is -2.08. The number of aliphatic carboxylic acids is 1. The molecule has 26 heavy (non-hydrogen) atoms. The molecule has 8 heteroatoms. The average Bonchev–Trinajstić information content (AvgIpc) is 2.88. The second kappa shape index (κ2) is 8.28. The van der Waals surface area contributed by atoms with Crippen LogP contribution in [-0.4, -0.2) is 39.2 Å². The van der Waals surface area contributed by atoms with Gasteiger partial charge in [0.2, 0.25) is 0 Å². The molecule has 0 aliphatic heterocycles. The number of nitrogens with zero attached hydrogens (tertiary/aromatic N) is 2. The van der Waals surface area contributed by atoms with E-state index in [9.17, 15) is 14.4 Å². The molecule has 1 aromatic heterocycles. The van der Waals surface area contributed by atoms with Gasteiger partial charge in [-0.05, 0) is 45.0 Å². The fourth-order valence-electron chi connectivity index (χ4n) is 2.62. The summed E-state index contributed by atoms with van der Waals surface area (Å²) in [5, 5.41) is 18.2. The molecule has 0 aliphatic carbocycles. The van der Waals surface area contributed by atoms with Gasteiger partial charge in [-0.3, -0.25) is 19.1 Å². The predicted molar refractivity (Wildman–Crippen MR) is 96.4 cm³/mol. The summed E-state index contributed by atoms with van der Waals surface area (Å²) in [6.45, 7) is 6.35. The number of hydrogen-bond acceptors (Lipinski definition) is 4. The molecule has 1 aromatic carbocycles. The maximum atomic E-state index is 12.5. The molecule has 2 amide bonds. The summed E-state index contributed by atoms with van der Waals surface area (Å²) in [4.78, 5) is 34.9. The zero-order valence-electron chi connectivity index (χ0n) is 15.0. The number of anilines is 1. The number of carboxylic acids is 1. The molecule has 8 nitrogen and oxygen atoms in total. The van der Waals surface area contributed by atoms with Crippen LogP contribution in [0.25, 0.3) is 0 Å². The molecule has 0 unspecified atom stereocenters. The number of aryl methyl sites for hydroxylation is 2. The van der Waals surface area contributed by atoms with E-state index in [0.29, 0.717) is 29.1 Å². The third-order valence-corrected chi connectivity index (χ3v) is 3.94. The number of carbonyl (C=O) groups excluding carboxylic acids is 2.